The van der Waals surface area contributed by atoms with Crippen LogP contribution in [0.2, 0.25) is 17.4 Å². The summed E-state index contributed by atoms with van der Waals surface area (Å²) in [5, 5.41) is 0. The van der Waals surface area contributed by atoms with Gasteiger partial charge in [-0.1, -0.05) is 0 Å². The molecule has 0 saturated carbocycles. The Hall–Kier alpha value is 0.736. The first-order chi connectivity index (χ1) is 3.42. The fraction of sp³-hybridized carbons (Fsp3) is 1.00. The standard InChI is InChI=1S/C6H16SeSi/c1-6(2,3)7-8(4)5/h8H,1-5H3. The molecule has 0 fully saturated rings. The molecule has 8 heavy (non-hydrogen) atoms. The van der Waals surface area contributed by atoms with Crippen LogP contribution in [0.1, 0.15) is 20.8 Å². The Balaban J connectivity index is 3.39. The molecule has 0 aliphatic rings. The van der Waals surface area contributed by atoms with Crippen molar-refractivity contribution in [1.29, 1.82) is 0 Å². The molecule has 0 saturated heterocycles. The average molecular weight is 195 g/mol. The summed E-state index contributed by atoms with van der Waals surface area (Å²) in [5.74, 6) is 0. The van der Waals surface area contributed by atoms with Crippen molar-refractivity contribution in [3.05, 3.63) is 0 Å². The van der Waals surface area contributed by atoms with Gasteiger partial charge in [0.2, 0.25) is 0 Å². The molecule has 0 rings (SSSR count). The summed E-state index contributed by atoms with van der Waals surface area (Å²) in [4.78, 5) is 0. The van der Waals surface area contributed by atoms with Gasteiger partial charge in [-0.3, -0.25) is 0 Å². The summed E-state index contributed by atoms with van der Waals surface area (Å²) < 4.78 is 0.646. The maximum absolute atomic E-state index is 2.44. The summed E-state index contributed by atoms with van der Waals surface area (Å²) in [7, 11) is -0.233. The van der Waals surface area contributed by atoms with Crippen LogP contribution in [0.15, 0.2) is 0 Å². The number of hydrogen-bond acceptors (Lipinski definition) is 0. The molecule has 0 heterocycles. The van der Waals surface area contributed by atoms with Gasteiger partial charge in [0.25, 0.3) is 0 Å². The Morgan fingerprint density at radius 2 is 1.50 bits per heavy atom. The van der Waals surface area contributed by atoms with E-state index in [4.69, 9.17) is 0 Å². The van der Waals surface area contributed by atoms with E-state index in [1.165, 1.54) is 0 Å². The molecule has 0 atom stereocenters. The topological polar surface area (TPSA) is 0 Å². The second-order valence-corrected chi connectivity index (χ2v) is 15.6. The molecular formula is C6H16SeSi. The summed E-state index contributed by atoms with van der Waals surface area (Å²) in [6.45, 7) is 11.9. The fourth-order valence-electron chi connectivity index (χ4n) is 0.707. The molecule has 0 aliphatic heterocycles. The third kappa shape index (κ3) is 6.74. The zero-order chi connectivity index (χ0) is 6.78. The van der Waals surface area contributed by atoms with Crippen molar-refractivity contribution >= 4 is 21.7 Å². The van der Waals surface area contributed by atoms with Gasteiger partial charge in [-0.15, -0.1) is 0 Å². The predicted octanol–water partition coefficient (Wildman–Crippen LogP) is 1.89. The van der Waals surface area contributed by atoms with Crippen LogP contribution in [0.25, 0.3) is 0 Å². The van der Waals surface area contributed by atoms with Crippen molar-refractivity contribution in [2.75, 3.05) is 0 Å². The van der Waals surface area contributed by atoms with Crippen LogP contribution in [-0.4, -0.2) is 21.7 Å². The molecule has 0 aromatic heterocycles. The molecule has 0 aromatic rings. The van der Waals surface area contributed by atoms with E-state index >= 15 is 0 Å². The maximum atomic E-state index is 2.44. The molecule has 50 valence electrons. The molecule has 0 N–H and O–H groups in total. The minimum absolute atomic E-state index is 0.233. The van der Waals surface area contributed by atoms with E-state index in [2.05, 4.69) is 33.9 Å². The fourth-order valence-corrected chi connectivity index (χ4v) is 11.0. The monoisotopic (exact) mass is 196 g/mol. The summed E-state index contributed by atoms with van der Waals surface area (Å²) in [5.41, 5.74) is 0. The van der Waals surface area contributed by atoms with Crippen molar-refractivity contribution in [3.8, 4) is 0 Å². The second-order valence-electron chi connectivity index (χ2n) is 3.28. The first kappa shape index (κ1) is 8.74. The van der Waals surface area contributed by atoms with Crippen molar-refractivity contribution in [2.24, 2.45) is 0 Å². The van der Waals surface area contributed by atoms with Gasteiger partial charge < -0.3 is 0 Å². The molecule has 0 unspecified atom stereocenters. The second kappa shape index (κ2) is 3.05. The van der Waals surface area contributed by atoms with Gasteiger partial charge >= 0.3 is 59.9 Å². The summed E-state index contributed by atoms with van der Waals surface area (Å²) >= 11 is 0.951. The molecule has 0 aromatic carbocycles. The summed E-state index contributed by atoms with van der Waals surface area (Å²) in [6.07, 6.45) is 0. The van der Waals surface area contributed by atoms with Crippen LogP contribution in [0, 0.1) is 0 Å². The molecule has 0 radical (unpaired) electrons. The Morgan fingerprint density at radius 3 is 1.50 bits per heavy atom. The Morgan fingerprint density at radius 1 is 1.12 bits per heavy atom. The first-order valence-electron chi connectivity index (χ1n) is 3.09. The minimum atomic E-state index is -0.233. The van der Waals surface area contributed by atoms with E-state index < -0.39 is 0 Å². The van der Waals surface area contributed by atoms with E-state index in [0.29, 0.717) is 4.31 Å². The van der Waals surface area contributed by atoms with Crippen LogP contribution in [0.4, 0.5) is 0 Å². The Kier molecular flexibility index (Phi) is 3.33. The van der Waals surface area contributed by atoms with Crippen LogP contribution >= 0.6 is 0 Å². The van der Waals surface area contributed by atoms with Gasteiger partial charge in [0, 0.05) is 0 Å². The Bertz CT molecular complexity index is 63.4. The van der Waals surface area contributed by atoms with Crippen LogP contribution < -0.4 is 0 Å². The van der Waals surface area contributed by atoms with Gasteiger partial charge in [0.05, 0.1) is 0 Å². The van der Waals surface area contributed by atoms with Crippen molar-refractivity contribution in [1.82, 2.24) is 0 Å². The van der Waals surface area contributed by atoms with Crippen LogP contribution in [0.5, 0.6) is 0 Å². The molecule has 0 bridgehead atoms. The molecule has 0 nitrogen and oxygen atoms in total. The molecule has 0 aliphatic carbocycles. The van der Waals surface area contributed by atoms with Crippen molar-refractivity contribution in [3.63, 3.8) is 0 Å². The van der Waals surface area contributed by atoms with E-state index in [-0.39, 0.29) is 7.40 Å². The van der Waals surface area contributed by atoms with Gasteiger partial charge in [-0.05, 0) is 0 Å². The first-order valence-corrected chi connectivity index (χ1v) is 9.70. The third-order valence-corrected chi connectivity index (χ3v) is 9.19. The SMILES string of the molecule is C[SiH](C)[Se]C(C)(C)C. The van der Waals surface area contributed by atoms with Gasteiger partial charge in [0.15, 0.2) is 0 Å². The Labute approximate surface area is 60.3 Å². The number of rotatable bonds is 1. The summed E-state index contributed by atoms with van der Waals surface area (Å²) in [6, 6.07) is 0. The molecule has 0 amide bonds. The van der Waals surface area contributed by atoms with Gasteiger partial charge in [-0.25, -0.2) is 0 Å². The molecule has 2 heteroatoms. The zero-order valence-corrected chi connectivity index (χ0v) is 9.35. The van der Waals surface area contributed by atoms with Gasteiger partial charge in [0.1, 0.15) is 0 Å². The molecular weight excluding hydrogens is 179 g/mol. The third-order valence-electron chi connectivity index (χ3n) is 0.589. The van der Waals surface area contributed by atoms with E-state index in [0.717, 1.165) is 14.3 Å². The van der Waals surface area contributed by atoms with Crippen molar-refractivity contribution < 1.29 is 0 Å². The van der Waals surface area contributed by atoms with Crippen LogP contribution in [0.3, 0.4) is 0 Å². The zero-order valence-electron chi connectivity index (χ0n) is 6.49. The number of hydrogen-bond donors (Lipinski definition) is 0. The average Bonchev–Trinajstić information content (AvgIpc) is 1.21. The van der Waals surface area contributed by atoms with Gasteiger partial charge in [-0.2, -0.15) is 0 Å². The van der Waals surface area contributed by atoms with E-state index in [1.54, 1.807) is 0 Å². The van der Waals surface area contributed by atoms with E-state index in [1.807, 2.05) is 0 Å². The predicted molar refractivity (Wildman–Crippen MR) is 44.3 cm³/mol. The quantitative estimate of drug-likeness (QED) is 0.560. The van der Waals surface area contributed by atoms with E-state index in [9.17, 15) is 0 Å². The van der Waals surface area contributed by atoms with Crippen molar-refractivity contribution in [2.45, 2.75) is 38.2 Å². The normalized spacial score (nSPS) is 12.8. The molecule has 0 spiro atoms. The van der Waals surface area contributed by atoms with Crippen LogP contribution in [-0.2, 0) is 0 Å².